The summed E-state index contributed by atoms with van der Waals surface area (Å²) in [5.74, 6) is -0.0840. The van der Waals surface area contributed by atoms with E-state index in [2.05, 4.69) is 15.5 Å². The molecule has 2 amide bonds. The summed E-state index contributed by atoms with van der Waals surface area (Å²) < 4.78 is 10.4. The molecule has 1 rings (SSSR count). The van der Waals surface area contributed by atoms with Gasteiger partial charge in [-0.3, -0.25) is 9.69 Å². The summed E-state index contributed by atoms with van der Waals surface area (Å²) in [4.78, 5) is 25.8. The molecule has 1 fully saturated rings. The van der Waals surface area contributed by atoms with E-state index < -0.39 is 11.7 Å². The van der Waals surface area contributed by atoms with Crippen molar-refractivity contribution in [2.24, 2.45) is 0 Å². The van der Waals surface area contributed by atoms with Crippen LogP contribution in [0.2, 0.25) is 0 Å². The lowest BCUT2D eigenvalue weighted by Crippen LogP contribution is -2.53. The van der Waals surface area contributed by atoms with Gasteiger partial charge in [-0.25, -0.2) is 4.79 Å². The maximum absolute atomic E-state index is 12.0. The van der Waals surface area contributed by atoms with Crippen molar-refractivity contribution in [3.8, 4) is 0 Å². The van der Waals surface area contributed by atoms with Crippen LogP contribution in [0.5, 0.6) is 0 Å². The van der Waals surface area contributed by atoms with Gasteiger partial charge in [0.1, 0.15) is 5.60 Å². The molecule has 2 N–H and O–H groups in total. The number of carbonyl (C=O) groups is 2. The Hall–Kier alpha value is -1.34. The minimum absolute atomic E-state index is 0.0840. The fourth-order valence-corrected chi connectivity index (χ4v) is 2.39. The van der Waals surface area contributed by atoms with Gasteiger partial charge in [0, 0.05) is 38.1 Å². The SMILES string of the molecule is CC(C)(CN1CCOCC1)NC(=O)CCNC(=O)OC(C)(C)C. The van der Waals surface area contributed by atoms with Gasteiger partial charge in [0.05, 0.1) is 13.2 Å². The van der Waals surface area contributed by atoms with Crippen LogP contribution in [-0.2, 0) is 14.3 Å². The Kier molecular flexibility index (Phi) is 7.28. The third kappa shape index (κ3) is 9.40. The van der Waals surface area contributed by atoms with Gasteiger partial charge in [0.15, 0.2) is 0 Å². The zero-order chi connectivity index (χ0) is 17.5. The molecule has 0 aromatic heterocycles. The maximum Gasteiger partial charge on any atom is 0.407 e. The van der Waals surface area contributed by atoms with Crippen LogP contribution >= 0.6 is 0 Å². The first kappa shape index (κ1) is 19.7. The van der Waals surface area contributed by atoms with E-state index in [-0.39, 0.29) is 24.4 Å². The number of carbonyl (C=O) groups excluding carboxylic acids is 2. The molecule has 0 atom stereocenters. The number of ether oxygens (including phenoxy) is 2. The van der Waals surface area contributed by atoms with Crippen molar-refractivity contribution >= 4 is 12.0 Å². The zero-order valence-corrected chi connectivity index (χ0v) is 15.0. The first-order chi connectivity index (χ1) is 10.6. The van der Waals surface area contributed by atoms with Crippen molar-refractivity contribution in [1.29, 1.82) is 0 Å². The molecule has 7 nitrogen and oxygen atoms in total. The predicted molar refractivity (Wildman–Crippen MR) is 88.3 cm³/mol. The lowest BCUT2D eigenvalue weighted by atomic mass is 10.0. The molecule has 0 bridgehead atoms. The predicted octanol–water partition coefficient (Wildman–Crippen LogP) is 1.13. The highest BCUT2D eigenvalue weighted by molar-refractivity contribution is 5.77. The van der Waals surface area contributed by atoms with Crippen LogP contribution in [0.3, 0.4) is 0 Å². The van der Waals surface area contributed by atoms with Gasteiger partial charge in [0.25, 0.3) is 0 Å². The van der Waals surface area contributed by atoms with Crippen LogP contribution < -0.4 is 10.6 Å². The molecular formula is C16H31N3O4. The Morgan fingerprint density at radius 2 is 1.74 bits per heavy atom. The second-order valence-corrected chi connectivity index (χ2v) is 7.50. The highest BCUT2D eigenvalue weighted by Crippen LogP contribution is 2.08. The number of hydrogen-bond acceptors (Lipinski definition) is 5. The van der Waals surface area contributed by atoms with Gasteiger partial charge in [-0.2, -0.15) is 0 Å². The summed E-state index contributed by atoms with van der Waals surface area (Å²) in [6, 6.07) is 0. The van der Waals surface area contributed by atoms with Crippen molar-refractivity contribution in [3.05, 3.63) is 0 Å². The third-order valence-electron chi connectivity index (χ3n) is 3.22. The van der Waals surface area contributed by atoms with Crippen LogP contribution in [0.1, 0.15) is 41.0 Å². The van der Waals surface area contributed by atoms with Crippen molar-refractivity contribution in [2.45, 2.75) is 52.2 Å². The van der Waals surface area contributed by atoms with Gasteiger partial charge in [-0.05, 0) is 34.6 Å². The van der Waals surface area contributed by atoms with Crippen molar-refractivity contribution < 1.29 is 19.1 Å². The third-order valence-corrected chi connectivity index (χ3v) is 3.22. The van der Waals surface area contributed by atoms with Gasteiger partial charge < -0.3 is 20.1 Å². The molecule has 0 saturated carbocycles. The molecule has 0 radical (unpaired) electrons. The molecule has 7 heteroatoms. The average Bonchev–Trinajstić information content (AvgIpc) is 2.36. The van der Waals surface area contributed by atoms with E-state index in [4.69, 9.17) is 9.47 Å². The van der Waals surface area contributed by atoms with Gasteiger partial charge >= 0.3 is 6.09 Å². The summed E-state index contributed by atoms with van der Waals surface area (Å²) in [7, 11) is 0. The minimum atomic E-state index is -0.535. The Morgan fingerprint density at radius 3 is 2.30 bits per heavy atom. The van der Waals surface area contributed by atoms with E-state index in [1.54, 1.807) is 20.8 Å². The average molecular weight is 329 g/mol. The number of amides is 2. The van der Waals surface area contributed by atoms with E-state index in [0.717, 1.165) is 32.8 Å². The quantitative estimate of drug-likeness (QED) is 0.763. The fourth-order valence-electron chi connectivity index (χ4n) is 2.39. The van der Waals surface area contributed by atoms with Gasteiger partial charge in [-0.15, -0.1) is 0 Å². The molecule has 0 aromatic rings. The van der Waals surface area contributed by atoms with Crippen LogP contribution in [0.4, 0.5) is 4.79 Å². The normalized spacial score (nSPS) is 16.7. The fraction of sp³-hybridized carbons (Fsp3) is 0.875. The smallest absolute Gasteiger partial charge is 0.407 e. The molecule has 134 valence electrons. The second kappa shape index (κ2) is 8.49. The maximum atomic E-state index is 12.0. The molecule has 1 aliphatic heterocycles. The Morgan fingerprint density at radius 1 is 1.13 bits per heavy atom. The number of rotatable bonds is 6. The monoisotopic (exact) mass is 329 g/mol. The molecule has 1 aliphatic rings. The summed E-state index contributed by atoms with van der Waals surface area (Å²) in [6.07, 6.45) is -0.274. The summed E-state index contributed by atoms with van der Waals surface area (Å²) >= 11 is 0. The lowest BCUT2D eigenvalue weighted by Gasteiger charge is -2.35. The molecule has 0 aromatic carbocycles. The van der Waals surface area contributed by atoms with Gasteiger partial charge in [-0.1, -0.05) is 0 Å². The van der Waals surface area contributed by atoms with Crippen LogP contribution in [0, 0.1) is 0 Å². The van der Waals surface area contributed by atoms with E-state index in [1.807, 2.05) is 13.8 Å². The van der Waals surface area contributed by atoms with Crippen molar-refractivity contribution in [2.75, 3.05) is 39.4 Å². The second-order valence-electron chi connectivity index (χ2n) is 7.50. The van der Waals surface area contributed by atoms with E-state index in [9.17, 15) is 9.59 Å². The Labute approximate surface area is 139 Å². The number of morpholine rings is 1. The topological polar surface area (TPSA) is 79.9 Å². The largest absolute Gasteiger partial charge is 0.444 e. The van der Waals surface area contributed by atoms with Crippen molar-refractivity contribution in [1.82, 2.24) is 15.5 Å². The lowest BCUT2D eigenvalue weighted by molar-refractivity contribution is -0.122. The first-order valence-corrected chi connectivity index (χ1v) is 8.15. The highest BCUT2D eigenvalue weighted by atomic mass is 16.6. The van der Waals surface area contributed by atoms with Crippen LogP contribution in [-0.4, -0.2) is 67.4 Å². The molecule has 0 unspecified atom stereocenters. The van der Waals surface area contributed by atoms with Crippen LogP contribution in [0.25, 0.3) is 0 Å². The van der Waals surface area contributed by atoms with Gasteiger partial charge in [0.2, 0.25) is 5.91 Å². The highest BCUT2D eigenvalue weighted by Gasteiger charge is 2.25. The minimum Gasteiger partial charge on any atom is -0.444 e. The summed E-state index contributed by atoms with van der Waals surface area (Å²) in [5, 5.41) is 5.60. The standard InChI is InChI=1S/C16H31N3O4/c1-15(2,3)23-14(21)17-7-6-13(20)18-16(4,5)12-19-8-10-22-11-9-19/h6-12H2,1-5H3,(H,17,21)(H,18,20). The number of alkyl carbamates (subject to hydrolysis) is 1. The molecule has 1 heterocycles. The Bertz CT molecular complexity index is 399. The molecule has 0 spiro atoms. The molecule has 23 heavy (non-hydrogen) atoms. The number of nitrogens with one attached hydrogen (secondary N) is 2. The van der Waals surface area contributed by atoms with E-state index >= 15 is 0 Å². The molecular weight excluding hydrogens is 298 g/mol. The first-order valence-electron chi connectivity index (χ1n) is 8.15. The van der Waals surface area contributed by atoms with Crippen LogP contribution in [0.15, 0.2) is 0 Å². The zero-order valence-electron chi connectivity index (χ0n) is 15.0. The Balaban J connectivity index is 2.25. The molecule has 0 aliphatic carbocycles. The summed E-state index contributed by atoms with van der Waals surface area (Å²) in [5.41, 5.74) is -0.854. The molecule has 1 saturated heterocycles. The summed E-state index contributed by atoms with van der Waals surface area (Å²) in [6.45, 7) is 13.7. The number of nitrogens with zero attached hydrogens (tertiary/aromatic N) is 1. The van der Waals surface area contributed by atoms with Crippen molar-refractivity contribution in [3.63, 3.8) is 0 Å². The van der Waals surface area contributed by atoms with E-state index in [0.29, 0.717) is 0 Å². The van der Waals surface area contributed by atoms with E-state index in [1.165, 1.54) is 0 Å². The number of hydrogen-bond donors (Lipinski definition) is 2.